The number of benzene rings is 1. The fourth-order valence-electron chi connectivity index (χ4n) is 3.49. The van der Waals surface area contributed by atoms with Gasteiger partial charge in [-0.3, -0.25) is 15.0 Å². The lowest BCUT2D eigenvalue weighted by Gasteiger charge is -2.25. The summed E-state index contributed by atoms with van der Waals surface area (Å²) in [4.78, 5) is 26.2. The highest BCUT2D eigenvalue weighted by Crippen LogP contribution is 2.37. The second-order valence-corrected chi connectivity index (χ2v) is 7.22. The maximum absolute atomic E-state index is 12.3. The first kappa shape index (κ1) is 19.5. The van der Waals surface area contributed by atoms with Crippen molar-refractivity contribution in [2.45, 2.75) is 51.6 Å². The van der Waals surface area contributed by atoms with Crippen LogP contribution in [0.3, 0.4) is 0 Å². The number of nitrogens with zero attached hydrogens (tertiary/aromatic N) is 1. The first-order valence-corrected chi connectivity index (χ1v) is 9.80. The molecule has 2 aliphatic rings. The van der Waals surface area contributed by atoms with E-state index >= 15 is 0 Å². The molecule has 1 aromatic rings. The average Bonchev–Trinajstić information content (AvgIpc) is 2.96. The Morgan fingerprint density at radius 1 is 1.22 bits per heavy atom. The number of ether oxygens (including phenoxy) is 2. The van der Waals surface area contributed by atoms with Crippen LogP contribution in [0.15, 0.2) is 18.2 Å². The van der Waals surface area contributed by atoms with Crippen molar-refractivity contribution in [3.63, 3.8) is 0 Å². The van der Waals surface area contributed by atoms with E-state index in [1.165, 1.54) is 0 Å². The average molecular weight is 375 g/mol. The lowest BCUT2D eigenvalue weighted by atomic mass is 10.0. The molecule has 2 atom stereocenters. The van der Waals surface area contributed by atoms with Gasteiger partial charge in [0.2, 0.25) is 5.91 Å². The van der Waals surface area contributed by atoms with Crippen LogP contribution in [0.4, 0.5) is 4.79 Å². The normalized spacial score (nSPS) is 20.6. The highest BCUT2D eigenvalue weighted by Gasteiger charge is 2.29. The van der Waals surface area contributed by atoms with E-state index in [1.807, 2.05) is 32.0 Å². The van der Waals surface area contributed by atoms with Crippen LogP contribution in [-0.4, -0.2) is 49.2 Å². The monoisotopic (exact) mass is 375 g/mol. The van der Waals surface area contributed by atoms with E-state index in [9.17, 15) is 9.59 Å². The number of amides is 3. The van der Waals surface area contributed by atoms with Crippen LogP contribution in [0.1, 0.15) is 51.1 Å². The number of likely N-dealkylation sites (tertiary alicyclic amines) is 1. The van der Waals surface area contributed by atoms with Gasteiger partial charge in [0.05, 0.1) is 19.8 Å². The predicted octanol–water partition coefficient (Wildman–Crippen LogP) is 2.61. The van der Waals surface area contributed by atoms with Crippen LogP contribution in [0.2, 0.25) is 0 Å². The van der Waals surface area contributed by atoms with Gasteiger partial charge in [-0.05, 0) is 50.4 Å². The van der Waals surface area contributed by atoms with E-state index in [2.05, 4.69) is 15.5 Å². The van der Waals surface area contributed by atoms with E-state index in [-0.39, 0.29) is 24.5 Å². The highest BCUT2D eigenvalue weighted by molar-refractivity contribution is 5.95. The molecule has 7 nitrogen and oxygen atoms in total. The van der Waals surface area contributed by atoms with Gasteiger partial charge >= 0.3 is 6.03 Å². The molecule has 1 saturated heterocycles. The van der Waals surface area contributed by atoms with Crippen LogP contribution in [0.5, 0.6) is 11.5 Å². The number of nitrogens with one attached hydrogen (secondary N) is 2. The predicted molar refractivity (Wildman–Crippen MR) is 102 cm³/mol. The van der Waals surface area contributed by atoms with Crippen molar-refractivity contribution in [2.75, 3.05) is 26.3 Å². The zero-order valence-corrected chi connectivity index (χ0v) is 16.1. The summed E-state index contributed by atoms with van der Waals surface area (Å²) < 4.78 is 11.5. The SMILES string of the molecule is CC[C@@H](C)NC(=O)NC(=O)CN1CCC[C@@H]1c1ccc2c(c1)OCCCO2. The Bertz CT molecular complexity index is 679. The second-order valence-electron chi connectivity index (χ2n) is 7.22. The summed E-state index contributed by atoms with van der Waals surface area (Å²) in [5.74, 6) is 1.27. The molecule has 0 unspecified atom stereocenters. The number of hydrogen-bond donors (Lipinski definition) is 2. The van der Waals surface area contributed by atoms with Crippen LogP contribution < -0.4 is 20.1 Å². The topological polar surface area (TPSA) is 79.9 Å². The number of fused-ring (bicyclic) bond motifs is 1. The van der Waals surface area contributed by atoms with Crippen molar-refractivity contribution in [3.8, 4) is 11.5 Å². The highest BCUT2D eigenvalue weighted by atomic mass is 16.5. The summed E-state index contributed by atoms with van der Waals surface area (Å²) in [5, 5.41) is 5.18. The van der Waals surface area contributed by atoms with E-state index < -0.39 is 6.03 Å². The number of carbonyl (C=O) groups is 2. The minimum Gasteiger partial charge on any atom is -0.490 e. The minimum atomic E-state index is -0.430. The largest absolute Gasteiger partial charge is 0.490 e. The third-order valence-corrected chi connectivity index (χ3v) is 5.11. The number of imide groups is 1. The molecule has 0 saturated carbocycles. The molecule has 2 N–H and O–H groups in total. The van der Waals surface area contributed by atoms with Gasteiger partial charge in [-0.15, -0.1) is 0 Å². The number of urea groups is 1. The van der Waals surface area contributed by atoms with Crippen molar-refractivity contribution in [1.29, 1.82) is 0 Å². The Morgan fingerprint density at radius 2 is 2.00 bits per heavy atom. The summed E-state index contributed by atoms with van der Waals surface area (Å²) in [6.07, 6.45) is 3.69. The molecule has 2 aliphatic heterocycles. The summed E-state index contributed by atoms with van der Waals surface area (Å²) in [6, 6.07) is 5.78. The second kappa shape index (κ2) is 9.08. The smallest absolute Gasteiger partial charge is 0.321 e. The summed E-state index contributed by atoms with van der Waals surface area (Å²) in [5.41, 5.74) is 1.12. The van der Waals surface area contributed by atoms with Gasteiger partial charge < -0.3 is 14.8 Å². The molecule has 3 amide bonds. The third-order valence-electron chi connectivity index (χ3n) is 5.11. The Labute approximate surface area is 160 Å². The molecule has 0 radical (unpaired) electrons. The van der Waals surface area contributed by atoms with E-state index in [0.717, 1.165) is 49.3 Å². The van der Waals surface area contributed by atoms with Crippen molar-refractivity contribution < 1.29 is 19.1 Å². The zero-order valence-electron chi connectivity index (χ0n) is 16.1. The van der Waals surface area contributed by atoms with Gasteiger partial charge in [-0.2, -0.15) is 0 Å². The lowest BCUT2D eigenvalue weighted by Crippen LogP contribution is -2.46. The molecule has 0 aliphatic carbocycles. The Kier molecular flexibility index (Phi) is 6.55. The number of hydrogen-bond acceptors (Lipinski definition) is 5. The maximum atomic E-state index is 12.3. The Morgan fingerprint density at radius 3 is 2.78 bits per heavy atom. The van der Waals surface area contributed by atoms with Crippen molar-refractivity contribution >= 4 is 11.9 Å². The molecule has 7 heteroatoms. The van der Waals surface area contributed by atoms with Crippen LogP contribution >= 0.6 is 0 Å². The van der Waals surface area contributed by atoms with Gasteiger partial charge in [0.1, 0.15) is 0 Å². The zero-order chi connectivity index (χ0) is 19.2. The van der Waals surface area contributed by atoms with Crippen LogP contribution in [-0.2, 0) is 4.79 Å². The first-order chi connectivity index (χ1) is 13.1. The molecule has 2 heterocycles. The standard InChI is InChI=1S/C20H29N3O4/c1-3-14(2)21-20(25)22-19(24)13-23-9-4-6-16(23)15-7-8-17-18(12-15)27-11-5-10-26-17/h7-8,12,14,16H,3-6,9-11,13H2,1-2H3,(H2,21,22,24,25)/t14-,16-/m1/s1. The fraction of sp³-hybridized carbons (Fsp3) is 0.600. The quantitative estimate of drug-likeness (QED) is 0.827. The van der Waals surface area contributed by atoms with E-state index in [4.69, 9.17) is 9.47 Å². The summed E-state index contributed by atoms with van der Waals surface area (Å²) in [6.45, 7) is 6.24. The van der Waals surface area contributed by atoms with E-state index in [0.29, 0.717) is 13.2 Å². The Hall–Kier alpha value is -2.28. The Balaban J connectivity index is 1.61. The van der Waals surface area contributed by atoms with Gasteiger partial charge in [0, 0.05) is 18.5 Å². The molecule has 1 fully saturated rings. The summed E-state index contributed by atoms with van der Waals surface area (Å²) in [7, 11) is 0. The molecule has 0 aromatic heterocycles. The first-order valence-electron chi connectivity index (χ1n) is 9.80. The molecule has 148 valence electrons. The lowest BCUT2D eigenvalue weighted by molar-refractivity contribution is -0.121. The summed E-state index contributed by atoms with van der Waals surface area (Å²) >= 11 is 0. The molecule has 0 bridgehead atoms. The van der Waals surface area contributed by atoms with Gasteiger partial charge in [-0.25, -0.2) is 4.79 Å². The van der Waals surface area contributed by atoms with Gasteiger partial charge in [-0.1, -0.05) is 13.0 Å². The van der Waals surface area contributed by atoms with Crippen LogP contribution in [0.25, 0.3) is 0 Å². The van der Waals surface area contributed by atoms with Gasteiger partial charge in [0.25, 0.3) is 0 Å². The van der Waals surface area contributed by atoms with Gasteiger partial charge in [0.15, 0.2) is 11.5 Å². The molecule has 3 rings (SSSR count). The molecule has 1 aromatic carbocycles. The third kappa shape index (κ3) is 5.13. The number of carbonyl (C=O) groups excluding carboxylic acids is 2. The van der Waals surface area contributed by atoms with Crippen molar-refractivity contribution in [3.05, 3.63) is 23.8 Å². The van der Waals surface area contributed by atoms with Crippen LogP contribution in [0, 0.1) is 0 Å². The molecule has 27 heavy (non-hydrogen) atoms. The fourth-order valence-corrected chi connectivity index (χ4v) is 3.49. The molecular formula is C20H29N3O4. The maximum Gasteiger partial charge on any atom is 0.321 e. The van der Waals surface area contributed by atoms with Crippen molar-refractivity contribution in [1.82, 2.24) is 15.5 Å². The molecule has 0 spiro atoms. The number of rotatable bonds is 5. The van der Waals surface area contributed by atoms with Crippen molar-refractivity contribution in [2.24, 2.45) is 0 Å². The minimum absolute atomic E-state index is 0.0409. The van der Waals surface area contributed by atoms with E-state index in [1.54, 1.807) is 0 Å². The molecular weight excluding hydrogens is 346 g/mol.